The monoisotopic (exact) mass is 314 g/mol. The number of nitrogens with zero attached hydrogens (tertiary/aromatic N) is 2. The van der Waals surface area contributed by atoms with Crippen LogP contribution in [-0.2, 0) is 9.53 Å². The summed E-state index contributed by atoms with van der Waals surface area (Å²) in [5.41, 5.74) is 6.31. The fourth-order valence-electron chi connectivity index (χ4n) is 1.18. The minimum atomic E-state index is -0.571. The van der Waals surface area contributed by atoms with Gasteiger partial charge in [0.2, 0.25) is 0 Å². The fraction of sp³-hybridized carbons (Fsp3) is 0.364. The maximum absolute atomic E-state index is 11.7. The molecule has 7 heteroatoms. The molecule has 0 aliphatic carbocycles. The Balaban J connectivity index is 3.07. The number of methoxy groups -OCH3 is 1. The average molecular weight is 315 g/mol. The van der Waals surface area contributed by atoms with Crippen LogP contribution in [0.2, 0.25) is 0 Å². The van der Waals surface area contributed by atoms with Crippen LogP contribution in [0.5, 0.6) is 0 Å². The Morgan fingerprint density at radius 1 is 1.61 bits per heavy atom. The van der Waals surface area contributed by atoms with Crippen molar-refractivity contribution in [3.63, 3.8) is 0 Å². The molecular formula is C11H15BrN4O2. The first kappa shape index (κ1) is 14.6. The Morgan fingerprint density at radius 3 is 2.83 bits per heavy atom. The van der Waals surface area contributed by atoms with Gasteiger partial charge in [-0.2, -0.15) is 0 Å². The highest BCUT2D eigenvalue weighted by Crippen LogP contribution is 2.17. The Kier molecular flexibility index (Phi) is 5.24. The first-order valence-electron chi connectivity index (χ1n) is 5.22. The van der Waals surface area contributed by atoms with Crippen LogP contribution in [0.4, 0.5) is 5.82 Å². The van der Waals surface area contributed by atoms with Crippen LogP contribution < -0.4 is 11.1 Å². The SMILES string of the molecule is CN=C(N)c1ccc(Br)nc1NC(=O)C(C)OC. The van der Waals surface area contributed by atoms with Gasteiger partial charge in [-0.05, 0) is 35.0 Å². The number of carbonyl (C=O) groups is 1. The molecule has 0 radical (unpaired) electrons. The zero-order valence-corrected chi connectivity index (χ0v) is 12.0. The van der Waals surface area contributed by atoms with Gasteiger partial charge < -0.3 is 15.8 Å². The molecule has 0 bridgehead atoms. The van der Waals surface area contributed by atoms with Crippen LogP contribution in [-0.4, -0.2) is 37.0 Å². The van der Waals surface area contributed by atoms with E-state index in [2.05, 4.69) is 31.2 Å². The van der Waals surface area contributed by atoms with Gasteiger partial charge in [-0.3, -0.25) is 9.79 Å². The number of ether oxygens (including phenoxy) is 1. The molecule has 0 aliphatic heterocycles. The molecule has 1 amide bonds. The van der Waals surface area contributed by atoms with E-state index in [-0.39, 0.29) is 5.91 Å². The Bertz CT molecular complexity index is 476. The summed E-state index contributed by atoms with van der Waals surface area (Å²) in [6.45, 7) is 1.64. The molecule has 3 N–H and O–H groups in total. The molecule has 0 spiro atoms. The van der Waals surface area contributed by atoms with E-state index in [1.165, 1.54) is 7.11 Å². The van der Waals surface area contributed by atoms with E-state index in [0.29, 0.717) is 21.8 Å². The first-order valence-corrected chi connectivity index (χ1v) is 6.01. The lowest BCUT2D eigenvalue weighted by molar-refractivity contribution is -0.124. The lowest BCUT2D eigenvalue weighted by atomic mass is 10.2. The van der Waals surface area contributed by atoms with Crippen LogP contribution in [0, 0.1) is 0 Å². The zero-order valence-electron chi connectivity index (χ0n) is 10.4. The standard InChI is InChI=1S/C11H15BrN4O2/c1-6(18-3)11(17)16-10-7(9(13)14-2)4-5-8(12)15-10/h4-6H,1-3H3,(H2,13,14)(H,15,16,17). The third kappa shape index (κ3) is 3.51. The van der Waals surface area contributed by atoms with Crippen molar-refractivity contribution in [1.82, 2.24) is 4.98 Å². The minimum absolute atomic E-state index is 0.298. The number of halogens is 1. The summed E-state index contributed by atoms with van der Waals surface area (Å²) in [5.74, 6) is 0.352. The summed E-state index contributed by atoms with van der Waals surface area (Å²) < 4.78 is 5.52. The predicted molar refractivity (Wildman–Crippen MR) is 73.7 cm³/mol. The lowest BCUT2D eigenvalue weighted by Gasteiger charge is -2.13. The van der Waals surface area contributed by atoms with Crippen molar-refractivity contribution in [2.45, 2.75) is 13.0 Å². The number of amides is 1. The topological polar surface area (TPSA) is 89.6 Å². The smallest absolute Gasteiger partial charge is 0.254 e. The van der Waals surface area contributed by atoms with Gasteiger partial charge in [0.15, 0.2) is 0 Å². The number of anilines is 1. The van der Waals surface area contributed by atoms with Crippen LogP contribution in [0.1, 0.15) is 12.5 Å². The van der Waals surface area contributed by atoms with E-state index < -0.39 is 6.10 Å². The van der Waals surface area contributed by atoms with Gasteiger partial charge in [0.1, 0.15) is 22.4 Å². The zero-order chi connectivity index (χ0) is 13.7. The summed E-state index contributed by atoms with van der Waals surface area (Å²) in [5, 5.41) is 2.65. The van der Waals surface area contributed by atoms with Crippen LogP contribution >= 0.6 is 15.9 Å². The number of pyridine rings is 1. The third-order valence-electron chi connectivity index (χ3n) is 2.34. The molecule has 0 saturated carbocycles. The third-order valence-corrected chi connectivity index (χ3v) is 2.78. The molecule has 0 aliphatic rings. The van der Waals surface area contributed by atoms with Gasteiger partial charge in [-0.1, -0.05) is 0 Å². The van der Waals surface area contributed by atoms with Crippen molar-refractivity contribution in [3.05, 3.63) is 22.3 Å². The maximum atomic E-state index is 11.7. The molecule has 18 heavy (non-hydrogen) atoms. The highest BCUT2D eigenvalue weighted by atomic mass is 79.9. The van der Waals surface area contributed by atoms with Gasteiger partial charge >= 0.3 is 0 Å². The van der Waals surface area contributed by atoms with Crippen molar-refractivity contribution in [1.29, 1.82) is 0 Å². The van der Waals surface area contributed by atoms with Crippen molar-refractivity contribution in [2.75, 3.05) is 19.5 Å². The van der Waals surface area contributed by atoms with Gasteiger partial charge in [0, 0.05) is 14.2 Å². The number of amidine groups is 1. The Morgan fingerprint density at radius 2 is 2.28 bits per heavy atom. The van der Waals surface area contributed by atoms with Gasteiger partial charge in [-0.15, -0.1) is 0 Å². The van der Waals surface area contributed by atoms with Crippen molar-refractivity contribution in [2.24, 2.45) is 10.7 Å². The minimum Gasteiger partial charge on any atom is -0.383 e. The molecule has 98 valence electrons. The number of hydrogen-bond acceptors (Lipinski definition) is 4. The molecule has 0 aromatic carbocycles. The first-order chi connectivity index (χ1) is 8.49. The highest BCUT2D eigenvalue weighted by molar-refractivity contribution is 9.10. The number of rotatable bonds is 4. The number of nitrogens with two attached hydrogens (primary N) is 1. The molecule has 0 fully saturated rings. The van der Waals surface area contributed by atoms with Gasteiger partial charge in [-0.25, -0.2) is 4.98 Å². The summed E-state index contributed by atoms with van der Waals surface area (Å²) in [7, 11) is 3.03. The molecule has 6 nitrogen and oxygen atoms in total. The Hall–Kier alpha value is -1.47. The predicted octanol–water partition coefficient (Wildman–Crippen LogP) is 1.15. The number of carbonyl (C=O) groups excluding carboxylic acids is 1. The fourth-order valence-corrected chi connectivity index (χ4v) is 1.49. The van der Waals surface area contributed by atoms with Crippen LogP contribution in [0.3, 0.4) is 0 Å². The largest absolute Gasteiger partial charge is 0.383 e. The van der Waals surface area contributed by atoms with E-state index in [0.717, 1.165) is 0 Å². The highest BCUT2D eigenvalue weighted by Gasteiger charge is 2.16. The van der Waals surface area contributed by atoms with Gasteiger partial charge in [0.25, 0.3) is 5.91 Å². The molecule has 1 aromatic heterocycles. The Labute approximate surface area is 114 Å². The number of aliphatic imine (C=N–C) groups is 1. The molecule has 1 rings (SSSR count). The van der Waals surface area contributed by atoms with Crippen molar-refractivity contribution in [3.8, 4) is 0 Å². The van der Waals surface area contributed by atoms with Crippen molar-refractivity contribution >= 4 is 33.5 Å². The second-order valence-corrected chi connectivity index (χ2v) is 4.32. The summed E-state index contributed by atoms with van der Waals surface area (Å²) in [6.07, 6.45) is -0.571. The van der Waals surface area contributed by atoms with E-state index in [4.69, 9.17) is 10.5 Å². The van der Waals surface area contributed by atoms with Crippen LogP contribution in [0.25, 0.3) is 0 Å². The quantitative estimate of drug-likeness (QED) is 0.495. The summed E-state index contributed by atoms with van der Waals surface area (Å²) in [6, 6.07) is 3.45. The van der Waals surface area contributed by atoms with E-state index in [1.807, 2.05) is 0 Å². The van der Waals surface area contributed by atoms with Crippen molar-refractivity contribution < 1.29 is 9.53 Å². The molecule has 1 unspecified atom stereocenters. The number of hydrogen-bond donors (Lipinski definition) is 2. The average Bonchev–Trinajstić information content (AvgIpc) is 2.37. The number of aromatic nitrogens is 1. The van der Waals surface area contributed by atoms with Crippen LogP contribution in [0.15, 0.2) is 21.7 Å². The van der Waals surface area contributed by atoms with Gasteiger partial charge in [0.05, 0.1) is 5.56 Å². The molecule has 1 heterocycles. The second-order valence-electron chi connectivity index (χ2n) is 3.51. The molecule has 0 saturated heterocycles. The molecular weight excluding hydrogens is 300 g/mol. The normalized spacial score (nSPS) is 13.2. The lowest BCUT2D eigenvalue weighted by Crippen LogP contribution is -2.28. The summed E-state index contributed by atoms with van der Waals surface area (Å²) >= 11 is 3.24. The van der Waals surface area contributed by atoms with E-state index >= 15 is 0 Å². The van der Waals surface area contributed by atoms with E-state index in [1.54, 1.807) is 26.1 Å². The summed E-state index contributed by atoms with van der Waals surface area (Å²) in [4.78, 5) is 19.8. The second kappa shape index (κ2) is 6.46. The molecule has 1 aromatic rings. The maximum Gasteiger partial charge on any atom is 0.254 e. The van der Waals surface area contributed by atoms with E-state index in [9.17, 15) is 4.79 Å². The molecule has 1 atom stereocenters. The number of nitrogens with one attached hydrogen (secondary N) is 1.